The fraction of sp³-hybridized carbons (Fsp3) is 0.429. The highest BCUT2D eigenvalue weighted by Gasteiger charge is 2.44. The van der Waals surface area contributed by atoms with Crippen LogP contribution in [-0.2, 0) is 24.0 Å². The summed E-state index contributed by atoms with van der Waals surface area (Å²) in [4.78, 5) is 73.5. The molecule has 0 aromatic heterocycles. The van der Waals surface area contributed by atoms with Gasteiger partial charge in [-0.1, -0.05) is 0 Å². The van der Waals surface area contributed by atoms with Crippen molar-refractivity contribution < 1.29 is 39.0 Å². The number of hydrogen-bond acceptors (Lipinski definition) is 7. The van der Waals surface area contributed by atoms with E-state index in [2.05, 4.69) is 10.6 Å². The van der Waals surface area contributed by atoms with Crippen LogP contribution < -0.4 is 10.6 Å². The number of fused-ring (bicyclic) bond motifs is 1. The van der Waals surface area contributed by atoms with E-state index in [4.69, 9.17) is 5.11 Å². The molecule has 2 fully saturated rings. The van der Waals surface area contributed by atoms with Crippen LogP contribution in [0.5, 0.6) is 5.75 Å². The summed E-state index contributed by atoms with van der Waals surface area (Å²) in [6, 6.07) is 1.88. The molecule has 4 N–H and O–H groups in total. The Kier molecular flexibility index (Phi) is 7.26. The Bertz CT molecular complexity index is 964. The van der Waals surface area contributed by atoms with Crippen LogP contribution in [0.4, 0.5) is 0 Å². The molecule has 2 saturated heterocycles. The molecule has 33 heavy (non-hydrogen) atoms. The third-order valence-electron chi connectivity index (χ3n) is 5.49. The highest BCUT2D eigenvalue weighted by Crippen LogP contribution is 2.25. The fourth-order valence-corrected chi connectivity index (χ4v) is 3.86. The van der Waals surface area contributed by atoms with Crippen LogP contribution in [0.15, 0.2) is 24.3 Å². The predicted octanol–water partition coefficient (Wildman–Crippen LogP) is -0.823. The van der Waals surface area contributed by atoms with Gasteiger partial charge < -0.3 is 25.6 Å². The topological polar surface area (TPSA) is 173 Å². The summed E-state index contributed by atoms with van der Waals surface area (Å²) in [7, 11) is 0. The van der Waals surface area contributed by atoms with E-state index >= 15 is 0 Å². The van der Waals surface area contributed by atoms with Gasteiger partial charge in [0, 0.05) is 18.5 Å². The highest BCUT2D eigenvalue weighted by atomic mass is 16.4. The highest BCUT2D eigenvalue weighted by molar-refractivity contribution is 6.00. The molecule has 12 heteroatoms. The van der Waals surface area contributed by atoms with Crippen LogP contribution >= 0.6 is 0 Å². The molecule has 1 aromatic rings. The normalized spacial score (nSPS) is 21.5. The van der Waals surface area contributed by atoms with E-state index in [9.17, 15) is 33.9 Å². The van der Waals surface area contributed by atoms with Crippen molar-refractivity contribution in [1.29, 1.82) is 0 Å². The minimum atomic E-state index is -1.28. The maximum absolute atomic E-state index is 13.3. The van der Waals surface area contributed by atoms with Crippen LogP contribution in [0.1, 0.15) is 42.5 Å². The number of aliphatic carboxylic acids is 1. The van der Waals surface area contributed by atoms with Crippen molar-refractivity contribution in [3.63, 3.8) is 0 Å². The standard InChI is InChI=1S/C21H24N4O8/c26-11-13(10-18(29)30)22-20(32)16-2-1-9-24-17(28)8-7-15(21(33)25(16)24)23-19(31)12-3-5-14(27)6-4-12/h3-6,11,13,15-16,27H,1-2,7-10H2,(H,22,32)(H,23,31)(H,29,30). The molecule has 0 radical (unpaired) electrons. The largest absolute Gasteiger partial charge is 0.508 e. The zero-order valence-corrected chi connectivity index (χ0v) is 17.6. The van der Waals surface area contributed by atoms with Gasteiger partial charge in [0.05, 0.1) is 12.5 Å². The molecular weight excluding hydrogens is 436 g/mol. The lowest BCUT2D eigenvalue weighted by molar-refractivity contribution is -0.176. The molecule has 176 valence electrons. The number of nitrogens with zero attached hydrogens (tertiary/aromatic N) is 2. The molecule has 2 heterocycles. The Hall–Kier alpha value is -3.96. The maximum atomic E-state index is 13.3. The number of phenols is 1. The summed E-state index contributed by atoms with van der Waals surface area (Å²) in [6.45, 7) is 0.208. The Morgan fingerprint density at radius 1 is 1.15 bits per heavy atom. The molecule has 3 unspecified atom stereocenters. The number of carboxylic acid groups (broad SMARTS) is 1. The third kappa shape index (κ3) is 5.45. The minimum Gasteiger partial charge on any atom is -0.508 e. The lowest BCUT2D eigenvalue weighted by atomic mass is 10.0. The van der Waals surface area contributed by atoms with Crippen molar-refractivity contribution >= 4 is 35.9 Å². The number of hydrogen-bond donors (Lipinski definition) is 4. The molecule has 0 aliphatic carbocycles. The van der Waals surface area contributed by atoms with Crippen molar-refractivity contribution in [3.8, 4) is 5.75 Å². The van der Waals surface area contributed by atoms with Crippen LogP contribution in [-0.4, -0.2) is 80.8 Å². The van der Waals surface area contributed by atoms with E-state index in [-0.39, 0.29) is 43.0 Å². The van der Waals surface area contributed by atoms with E-state index in [1.54, 1.807) is 0 Å². The second-order valence-electron chi connectivity index (χ2n) is 7.82. The number of nitrogens with one attached hydrogen (secondary N) is 2. The number of carbonyl (C=O) groups is 6. The van der Waals surface area contributed by atoms with Gasteiger partial charge in [-0.05, 0) is 43.5 Å². The molecule has 3 rings (SSSR count). The number of hydrazine groups is 1. The van der Waals surface area contributed by atoms with Gasteiger partial charge in [-0.15, -0.1) is 0 Å². The number of carbonyl (C=O) groups excluding carboxylic acids is 5. The van der Waals surface area contributed by atoms with Crippen LogP contribution in [0.3, 0.4) is 0 Å². The van der Waals surface area contributed by atoms with Crippen molar-refractivity contribution in [3.05, 3.63) is 29.8 Å². The van der Waals surface area contributed by atoms with Crippen molar-refractivity contribution in [1.82, 2.24) is 20.7 Å². The minimum absolute atomic E-state index is 0.0266. The van der Waals surface area contributed by atoms with Gasteiger partial charge in [0.2, 0.25) is 11.8 Å². The molecule has 0 spiro atoms. The SMILES string of the molecule is O=CC(CC(=O)O)NC(=O)C1CCCN2C(=O)CCC(NC(=O)c3ccc(O)cc3)C(=O)N12. The molecular formula is C21H24N4O8. The smallest absolute Gasteiger partial charge is 0.305 e. The number of aldehydes is 1. The Balaban J connectivity index is 1.80. The van der Waals surface area contributed by atoms with Gasteiger partial charge in [0.1, 0.15) is 24.1 Å². The molecule has 2 aliphatic rings. The number of benzene rings is 1. The van der Waals surface area contributed by atoms with E-state index in [0.29, 0.717) is 12.7 Å². The van der Waals surface area contributed by atoms with Crippen molar-refractivity contribution in [2.75, 3.05) is 6.54 Å². The summed E-state index contributed by atoms with van der Waals surface area (Å²) in [5.41, 5.74) is 0.198. The number of phenolic OH excluding ortho intramolecular Hbond substituents is 1. The van der Waals surface area contributed by atoms with Crippen LogP contribution in [0.25, 0.3) is 0 Å². The first kappa shape index (κ1) is 23.7. The predicted molar refractivity (Wildman–Crippen MR) is 110 cm³/mol. The molecule has 0 saturated carbocycles. The number of amides is 4. The van der Waals surface area contributed by atoms with Crippen LogP contribution in [0, 0.1) is 0 Å². The Morgan fingerprint density at radius 2 is 1.85 bits per heavy atom. The first-order valence-electron chi connectivity index (χ1n) is 10.4. The monoisotopic (exact) mass is 460 g/mol. The molecule has 2 aliphatic heterocycles. The summed E-state index contributed by atoms with van der Waals surface area (Å²) in [5, 5.41) is 25.3. The van der Waals surface area contributed by atoms with Gasteiger partial charge in [0.25, 0.3) is 11.8 Å². The van der Waals surface area contributed by atoms with Gasteiger partial charge in [0.15, 0.2) is 0 Å². The summed E-state index contributed by atoms with van der Waals surface area (Å²) in [6.07, 6.45) is 0.278. The average Bonchev–Trinajstić information content (AvgIpc) is 2.90. The van der Waals surface area contributed by atoms with E-state index in [1.807, 2.05) is 0 Å². The maximum Gasteiger partial charge on any atom is 0.305 e. The zero-order valence-electron chi connectivity index (χ0n) is 17.6. The Morgan fingerprint density at radius 3 is 2.48 bits per heavy atom. The summed E-state index contributed by atoms with van der Waals surface area (Å²) < 4.78 is 0. The van der Waals surface area contributed by atoms with Gasteiger partial charge in [-0.3, -0.25) is 29.0 Å². The summed E-state index contributed by atoms with van der Waals surface area (Å²) >= 11 is 0. The number of aromatic hydroxyl groups is 1. The Labute approximate surface area is 188 Å². The molecule has 4 amide bonds. The van der Waals surface area contributed by atoms with Crippen LogP contribution in [0.2, 0.25) is 0 Å². The average molecular weight is 460 g/mol. The van der Waals surface area contributed by atoms with E-state index < -0.39 is 48.2 Å². The third-order valence-corrected chi connectivity index (χ3v) is 5.49. The summed E-state index contributed by atoms with van der Waals surface area (Å²) in [5.74, 6) is -3.71. The van der Waals surface area contributed by atoms with E-state index in [1.165, 1.54) is 29.3 Å². The van der Waals surface area contributed by atoms with Gasteiger partial charge in [-0.25, -0.2) is 5.01 Å². The fourth-order valence-electron chi connectivity index (χ4n) is 3.86. The second kappa shape index (κ2) is 10.1. The molecule has 0 bridgehead atoms. The van der Waals surface area contributed by atoms with E-state index in [0.717, 1.165) is 5.01 Å². The quantitative estimate of drug-likeness (QED) is 0.382. The lowest BCUT2D eigenvalue weighted by Crippen LogP contribution is -2.64. The lowest BCUT2D eigenvalue weighted by Gasteiger charge is -2.43. The van der Waals surface area contributed by atoms with Gasteiger partial charge in [-0.2, -0.15) is 0 Å². The van der Waals surface area contributed by atoms with Gasteiger partial charge >= 0.3 is 5.97 Å². The number of rotatable bonds is 7. The van der Waals surface area contributed by atoms with Crippen molar-refractivity contribution in [2.45, 2.75) is 50.2 Å². The molecule has 3 atom stereocenters. The molecule has 12 nitrogen and oxygen atoms in total. The van der Waals surface area contributed by atoms with Crippen molar-refractivity contribution in [2.24, 2.45) is 0 Å². The first-order valence-corrected chi connectivity index (χ1v) is 10.4. The molecule has 1 aromatic carbocycles. The first-order chi connectivity index (χ1) is 15.7. The number of carboxylic acids is 1. The second-order valence-corrected chi connectivity index (χ2v) is 7.82. The zero-order chi connectivity index (χ0) is 24.1.